The molecule has 8 unspecified atom stereocenters. The first-order valence-corrected chi connectivity index (χ1v) is 13.3. The van der Waals surface area contributed by atoms with Crippen molar-refractivity contribution in [3.63, 3.8) is 0 Å². The van der Waals surface area contributed by atoms with Gasteiger partial charge in [-0.2, -0.15) is 0 Å². The van der Waals surface area contributed by atoms with Crippen molar-refractivity contribution in [1.82, 2.24) is 10.6 Å². The number of rotatable bonds is 0. The lowest BCUT2D eigenvalue weighted by molar-refractivity contribution is 0.0299. The second-order valence-electron chi connectivity index (χ2n) is 12.4. The summed E-state index contributed by atoms with van der Waals surface area (Å²) in [5.41, 5.74) is 1.49. The Labute approximate surface area is 185 Å². The molecule has 5 rings (SSSR count). The molecular formula is C28H46N2. The van der Waals surface area contributed by atoms with Gasteiger partial charge in [-0.05, 0) is 92.0 Å². The first-order valence-electron chi connectivity index (χ1n) is 13.3. The summed E-state index contributed by atoms with van der Waals surface area (Å²) in [5.74, 6) is 2.31. The summed E-state index contributed by atoms with van der Waals surface area (Å²) in [5, 5.41) is 8.04. The Kier molecular flexibility index (Phi) is 5.72. The lowest BCUT2D eigenvalue weighted by Crippen LogP contribution is -2.41. The van der Waals surface area contributed by atoms with Crippen molar-refractivity contribution in [2.24, 2.45) is 34.0 Å². The van der Waals surface area contributed by atoms with E-state index in [-0.39, 0.29) is 0 Å². The van der Waals surface area contributed by atoms with Crippen LogP contribution >= 0.6 is 0 Å². The molecule has 1 aliphatic heterocycles. The van der Waals surface area contributed by atoms with Crippen LogP contribution in [0.1, 0.15) is 91.4 Å². The highest BCUT2D eigenvalue weighted by Gasteiger charge is 2.58. The van der Waals surface area contributed by atoms with Gasteiger partial charge in [-0.3, -0.25) is 0 Å². The Balaban J connectivity index is 1.41. The number of hydrogen-bond donors (Lipinski definition) is 2. The van der Waals surface area contributed by atoms with Crippen LogP contribution in [0.5, 0.6) is 0 Å². The fourth-order valence-electron chi connectivity index (χ4n) is 8.87. The molecule has 1 heterocycles. The van der Waals surface area contributed by atoms with Crippen molar-refractivity contribution >= 4 is 0 Å². The van der Waals surface area contributed by atoms with Crippen LogP contribution in [0.4, 0.5) is 0 Å². The van der Waals surface area contributed by atoms with E-state index in [0.29, 0.717) is 40.2 Å². The van der Waals surface area contributed by atoms with E-state index in [4.69, 9.17) is 0 Å². The van der Waals surface area contributed by atoms with E-state index >= 15 is 0 Å². The second-order valence-corrected chi connectivity index (χ2v) is 12.4. The molecule has 0 radical (unpaired) electrons. The summed E-state index contributed by atoms with van der Waals surface area (Å²) in [4.78, 5) is 0. The monoisotopic (exact) mass is 410 g/mol. The molecule has 4 fully saturated rings. The number of allylic oxidation sites excluding steroid dienone is 2. The van der Waals surface area contributed by atoms with Gasteiger partial charge < -0.3 is 10.6 Å². The molecule has 4 saturated carbocycles. The summed E-state index contributed by atoms with van der Waals surface area (Å²) >= 11 is 0. The van der Waals surface area contributed by atoms with Crippen LogP contribution in [0.15, 0.2) is 24.3 Å². The number of fused-ring (bicyclic) bond motifs is 6. The minimum atomic E-state index is 0.460. The van der Waals surface area contributed by atoms with Gasteiger partial charge in [0.2, 0.25) is 0 Å². The molecule has 0 bridgehead atoms. The largest absolute Gasteiger partial charge is 0.313 e. The van der Waals surface area contributed by atoms with Gasteiger partial charge in [-0.15, -0.1) is 0 Å². The van der Waals surface area contributed by atoms with Crippen LogP contribution in [-0.4, -0.2) is 25.2 Å². The van der Waals surface area contributed by atoms with Crippen LogP contribution in [0.3, 0.4) is 0 Å². The zero-order valence-corrected chi connectivity index (χ0v) is 19.9. The fourth-order valence-corrected chi connectivity index (χ4v) is 8.87. The maximum atomic E-state index is 4.03. The third-order valence-electron chi connectivity index (χ3n) is 11.0. The van der Waals surface area contributed by atoms with Crippen molar-refractivity contribution in [1.29, 1.82) is 0 Å². The molecule has 5 aliphatic rings. The average Bonchev–Trinajstić information content (AvgIpc) is 3.13. The van der Waals surface area contributed by atoms with Gasteiger partial charge in [0.25, 0.3) is 0 Å². The minimum Gasteiger partial charge on any atom is -0.313 e. The molecule has 168 valence electrons. The van der Waals surface area contributed by atoms with Crippen molar-refractivity contribution in [3.8, 4) is 0 Å². The van der Waals surface area contributed by atoms with Crippen LogP contribution in [-0.2, 0) is 0 Å². The van der Waals surface area contributed by atoms with E-state index in [0.717, 1.165) is 5.92 Å². The third-order valence-corrected chi connectivity index (χ3v) is 11.0. The summed E-state index contributed by atoms with van der Waals surface area (Å²) < 4.78 is 0. The van der Waals surface area contributed by atoms with E-state index in [1.165, 1.54) is 83.7 Å². The van der Waals surface area contributed by atoms with Gasteiger partial charge in [0.1, 0.15) is 0 Å². The van der Waals surface area contributed by atoms with Crippen molar-refractivity contribution in [2.45, 2.75) is 103 Å². The zero-order valence-electron chi connectivity index (χ0n) is 19.9. The molecule has 0 aromatic rings. The lowest BCUT2D eigenvalue weighted by Gasteiger charge is -2.48. The normalized spacial score (nSPS) is 51.6. The molecule has 0 amide bonds. The first-order chi connectivity index (χ1) is 14.5. The van der Waals surface area contributed by atoms with E-state index < -0.39 is 0 Å². The van der Waals surface area contributed by atoms with Crippen LogP contribution in [0.25, 0.3) is 0 Å². The molecule has 4 aliphatic carbocycles. The van der Waals surface area contributed by atoms with Crippen LogP contribution in [0, 0.1) is 34.0 Å². The molecule has 0 aromatic heterocycles. The van der Waals surface area contributed by atoms with Crippen molar-refractivity contribution < 1.29 is 0 Å². The molecule has 2 heteroatoms. The fraction of sp³-hybridized carbons (Fsp3) is 0.857. The molecule has 2 N–H and O–H groups in total. The van der Waals surface area contributed by atoms with Crippen LogP contribution in [0.2, 0.25) is 0 Å². The van der Waals surface area contributed by atoms with Crippen LogP contribution < -0.4 is 10.6 Å². The Morgan fingerprint density at radius 3 is 2.27 bits per heavy atom. The maximum Gasteiger partial charge on any atom is 0.0141 e. The van der Waals surface area contributed by atoms with Crippen molar-refractivity contribution in [2.75, 3.05) is 13.1 Å². The quantitative estimate of drug-likeness (QED) is 0.494. The SMILES string of the molecule is CC12CCCCC1CC1NCCCNC3CC4(C)CCCCC4(C)C3C=CC=CC12. The van der Waals surface area contributed by atoms with E-state index in [1.807, 2.05) is 0 Å². The Bertz CT molecular complexity index is 682. The predicted octanol–water partition coefficient (Wildman–Crippen LogP) is 6.24. The third kappa shape index (κ3) is 3.36. The van der Waals surface area contributed by atoms with Gasteiger partial charge in [-0.25, -0.2) is 0 Å². The molecule has 0 aromatic carbocycles. The van der Waals surface area contributed by atoms with Gasteiger partial charge in [-0.1, -0.05) is 70.8 Å². The molecule has 0 saturated heterocycles. The zero-order chi connectivity index (χ0) is 20.8. The Hall–Kier alpha value is -0.600. The molecule has 8 atom stereocenters. The molecular weight excluding hydrogens is 364 g/mol. The molecule has 0 spiro atoms. The Morgan fingerprint density at radius 2 is 1.43 bits per heavy atom. The topological polar surface area (TPSA) is 24.1 Å². The highest BCUT2D eigenvalue weighted by molar-refractivity contribution is 5.20. The Morgan fingerprint density at radius 1 is 0.733 bits per heavy atom. The summed E-state index contributed by atoms with van der Waals surface area (Å²) in [6.45, 7) is 10.2. The molecule has 30 heavy (non-hydrogen) atoms. The van der Waals surface area contributed by atoms with E-state index in [9.17, 15) is 0 Å². The summed E-state index contributed by atoms with van der Waals surface area (Å²) in [7, 11) is 0. The number of nitrogens with one attached hydrogen (secondary N) is 2. The van der Waals surface area contributed by atoms with Gasteiger partial charge in [0.05, 0.1) is 0 Å². The lowest BCUT2D eigenvalue weighted by atomic mass is 9.57. The van der Waals surface area contributed by atoms with E-state index in [1.54, 1.807) is 0 Å². The molecule has 2 nitrogen and oxygen atoms in total. The maximum absolute atomic E-state index is 4.03. The van der Waals surface area contributed by atoms with Gasteiger partial charge >= 0.3 is 0 Å². The predicted molar refractivity (Wildman–Crippen MR) is 127 cm³/mol. The summed E-state index contributed by atoms with van der Waals surface area (Å²) in [6, 6.07) is 1.34. The summed E-state index contributed by atoms with van der Waals surface area (Å²) in [6.07, 6.45) is 25.6. The van der Waals surface area contributed by atoms with E-state index in [2.05, 4.69) is 55.7 Å². The average molecular weight is 411 g/mol. The highest BCUT2D eigenvalue weighted by atomic mass is 15.0. The standard InChI is InChI=1S/C28H46N2/c1-26-14-8-9-16-28(26,3)23-13-5-4-12-22-24(29-17-10-18-30-25(23)20-26)19-21-11-6-7-15-27(21,22)2/h4-5,12-13,21-25,29-30H,6-11,14-20H2,1-3H3. The number of hydrogen-bond acceptors (Lipinski definition) is 2. The van der Waals surface area contributed by atoms with Gasteiger partial charge in [0, 0.05) is 12.1 Å². The second kappa shape index (κ2) is 8.07. The van der Waals surface area contributed by atoms with Gasteiger partial charge in [0.15, 0.2) is 0 Å². The smallest absolute Gasteiger partial charge is 0.0141 e. The van der Waals surface area contributed by atoms with Crippen molar-refractivity contribution in [3.05, 3.63) is 24.3 Å². The highest BCUT2D eigenvalue weighted by Crippen LogP contribution is 2.63. The first kappa shape index (κ1) is 21.3. The minimum absolute atomic E-state index is 0.460.